The Labute approximate surface area is 179 Å². The fourth-order valence-corrected chi connectivity index (χ4v) is 21.0. The molecule has 0 unspecified atom stereocenters. The van der Waals surface area contributed by atoms with Crippen LogP contribution < -0.4 is 0 Å². The van der Waals surface area contributed by atoms with E-state index in [2.05, 4.69) is 35.5 Å². The van der Waals surface area contributed by atoms with Crippen molar-refractivity contribution in [3.63, 3.8) is 0 Å². The van der Waals surface area contributed by atoms with Gasteiger partial charge < -0.3 is 0 Å². The second kappa shape index (κ2) is 8.30. The van der Waals surface area contributed by atoms with Crippen LogP contribution in [0.1, 0.15) is 0 Å². The van der Waals surface area contributed by atoms with Gasteiger partial charge in [-0.2, -0.15) is 0 Å². The van der Waals surface area contributed by atoms with E-state index in [9.17, 15) is 0 Å². The number of rotatable bonds is 2. The molecule has 4 aliphatic heterocycles. The molecular weight excluding hydrogens is 551 g/mol. The summed E-state index contributed by atoms with van der Waals surface area (Å²) >= 11 is 14.8. The van der Waals surface area contributed by atoms with Crippen molar-refractivity contribution in [2.75, 3.05) is 12.5 Å². The first kappa shape index (κ1) is 18.3. The second-order valence-electron chi connectivity index (χ2n) is 4.23. The summed E-state index contributed by atoms with van der Waals surface area (Å²) in [6.07, 6.45) is 8.90. The standard InChI is InChI=1S/C14H10S7Se2/c1-15-9-10(16-2)19-11(18-9)14-22-12-13(23-14)21-8(20-12)7-3-5-17-6-4-7/h3-6H,1-2H3. The van der Waals surface area contributed by atoms with Gasteiger partial charge in [-0.05, 0) is 0 Å². The minimum absolute atomic E-state index is 0.554. The molecule has 0 aromatic heterocycles. The molecule has 4 heterocycles. The normalized spacial score (nSPS) is 23.9. The first-order valence-electron chi connectivity index (χ1n) is 6.39. The number of allylic oxidation sites excluding steroid dienone is 3. The Morgan fingerprint density at radius 2 is 1.35 bits per heavy atom. The second-order valence-corrected chi connectivity index (χ2v) is 18.6. The van der Waals surface area contributed by atoms with Gasteiger partial charge in [0.25, 0.3) is 0 Å². The van der Waals surface area contributed by atoms with Crippen LogP contribution in [0, 0.1) is 0 Å². The molecule has 4 rings (SSSR count). The molecule has 23 heavy (non-hydrogen) atoms. The molecule has 0 spiro atoms. The van der Waals surface area contributed by atoms with Crippen molar-refractivity contribution in [3.05, 3.63) is 56.5 Å². The summed E-state index contributed by atoms with van der Waals surface area (Å²) in [4.78, 5) is 0. The van der Waals surface area contributed by atoms with Crippen molar-refractivity contribution >= 4 is 112 Å². The summed E-state index contributed by atoms with van der Waals surface area (Å²) in [6, 6.07) is 0. The van der Waals surface area contributed by atoms with Crippen molar-refractivity contribution in [3.8, 4) is 0 Å². The van der Waals surface area contributed by atoms with Crippen molar-refractivity contribution in [2.45, 2.75) is 0 Å². The summed E-state index contributed by atoms with van der Waals surface area (Å²) < 4.78 is 11.2. The monoisotopic (exact) mass is 562 g/mol. The molecule has 0 radical (unpaired) electrons. The fourth-order valence-electron chi connectivity index (χ4n) is 1.86. The van der Waals surface area contributed by atoms with Crippen LogP contribution in [-0.4, -0.2) is 42.4 Å². The van der Waals surface area contributed by atoms with Crippen LogP contribution >= 0.6 is 82.3 Å². The molecule has 0 aliphatic carbocycles. The Morgan fingerprint density at radius 1 is 0.783 bits per heavy atom. The summed E-state index contributed by atoms with van der Waals surface area (Å²) in [7, 11) is 0. The fraction of sp³-hybridized carbons (Fsp3) is 0.143. The van der Waals surface area contributed by atoms with E-state index in [0.717, 1.165) is 0 Å². The molecule has 0 saturated carbocycles. The SMILES string of the molecule is CSC1=C(SC)SC(=C2[Se]C3=C(SC(=C4C=CSC=C4)S3)[Se]2)S1. The van der Waals surface area contributed by atoms with Crippen LogP contribution in [0.25, 0.3) is 0 Å². The third-order valence-electron chi connectivity index (χ3n) is 2.87. The van der Waals surface area contributed by atoms with Gasteiger partial charge in [0.15, 0.2) is 0 Å². The summed E-state index contributed by atoms with van der Waals surface area (Å²) in [5.74, 6) is 0. The van der Waals surface area contributed by atoms with Crippen LogP contribution in [0.5, 0.6) is 0 Å². The van der Waals surface area contributed by atoms with Gasteiger partial charge >= 0.3 is 181 Å². The average molecular weight is 561 g/mol. The van der Waals surface area contributed by atoms with Crippen molar-refractivity contribution in [1.82, 2.24) is 0 Å². The molecule has 0 saturated heterocycles. The number of thioether (sulfide) groups is 7. The van der Waals surface area contributed by atoms with Gasteiger partial charge in [-0.3, -0.25) is 0 Å². The van der Waals surface area contributed by atoms with Crippen molar-refractivity contribution in [2.24, 2.45) is 0 Å². The van der Waals surface area contributed by atoms with E-state index < -0.39 is 0 Å². The number of hydrogen-bond donors (Lipinski definition) is 0. The van der Waals surface area contributed by atoms with Crippen LogP contribution in [0.4, 0.5) is 0 Å². The van der Waals surface area contributed by atoms with Gasteiger partial charge in [-0.25, -0.2) is 0 Å². The first-order valence-corrected chi connectivity index (χ1v) is 16.5. The van der Waals surface area contributed by atoms with Crippen molar-refractivity contribution < 1.29 is 0 Å². The maximum absolute atomic E-state index is 2.25. The van der Waals surface area contributed by atoms with E-state index in [0.29, 0.717) is 29.9 Å². The molecule has 0 atom stereocenters. The van der Waals surface area contributed by atoms with Crippen molar-refractivity contribution in [1.29, 1.82) is 0 Å². The van der Waals surface area contributed by atoms with Crippen LogP contribution in [0.15, 0.2) is 56.5 Å². The third-order valence-corrected chi connectivity index (χ3v) is 20.3. The van der Waals surface area contributed by atoms with E-state index in [4.69, 9.17) is 0 Å². The Morgan fingerprint density at radius 3 is 1.87 bits per heavy atom. The Bertz CT molecular complexity index is 688. The topological polar surface area (TPSA) is 0 Å². The van der Waals surface area contributed by atoms with Crippen LogP contribution in [-0.2, 0) is 0 Å². The predicted molar refractivity (Wildman–Crippen MR) is 123 cm³/mol. The molecule has 0 aromatic carbocycles. The molecule has 4 aliphatic rings. The van der Waals surface area contributed by atoms with E-state index >= 15 is 0 Å². The minimum atomic E-state index is 0.554. The summed E-state index contributed by atoms with van der Waals surface area (Å²) in [5, 5.41) is 4.36. The maximum atomic E-state index is 2.25. The molecule has 0 bridgehead atoms. The van der Waals surface area contributed by atoms with Gasteiger partial charge in [0.2, 0.25) is 0 Å². The van der Waals surface area contributed by atoms with Gasteiger partial charge in [0.05, 0.1) is 0 Å². The zero-order chi connectivity index (χ0) is 15.8. The van der Waals surface area contributed by atoms with E-state index in [1.807, 2.05) is 70.6 Å². The molecule has 0 aromatic rings. The molecule has 0 nitrogen and oxygen atoms in total. The molecule has 0 amide bonds. The molecular formula is C14H10S7Se2. The van der Waals surface area contributed by atoms with E-state index in [-0.39, 0.29) is 0 Å². The first-order chi connectivity index (χ1) is 11.3. The summed E-state index contributed by atoms with van der Waals surface area (Å²) in [5.41, 5.74) is 1.40. The van der Waals surface area contributed by atoms with E-state index in [1.54, 1.807) is 27.0 Å². The van der Waals surface area contributed by atoms with Crippen LogP contribution in [0.2, 0.25) is 0 Å². The third kappa shape index (κ3) is 3.96. The van der Waals surface area contributed by atoms with Gasteiger partial charge in [-0.15, -0.1) is 0 Å². The van der Waals surface area contributed by atoms with Gasteiger partial charge in [-0.1, -0.05) is 0 Å². The summed E-state index contributed by atoms with van der Waals surface area (Å²) in [6.45, 7) is 0. The van der Waals surface area contributed by atoms with E-state index in [1.165, 1.54) is 18.3 Å². The van der Waals surface area contributed by atoms with Gasteiger partial charge in [0, 0.05) is 0 Å². The quantitative estimate of drug-likeness (QED) is 0.351. The molecule has 9 heteroatoms. The molecule has 0 fully saturated rings. The Balaban J connectivity index is 1.48. The Kier molecular flexibility index (Phi) is 6.60. The average Bonchev–Trinajstić information content (AvgIpc) is 3.27. The predicted octanol–water partition coefficient (Wildman–Crippen LogP) is 6.46. The zero-order valence-corrected chi connectivity index (χ0v) is 21.1. The molecule has 120 valence electrons. The Hall–Kier alpha value is 1.93. The zero-order valence-electron chi connectivity index (χ0n) is 12.0. The molecule has 0 N–H and O–H groups in total. The number of hydrogen-bond acceptors (Lipinski definition) is 7. The van der Waals surface area contributed by atoms with Gasteiger partial charge in [0.1, 0.15) is 0 Å². The van der Waals surface area contributed by atoms with Crippen LogP contribution in [0.3, 0.4) is 0 Å².